The molecule has 0 unspecified atom stereocenters. The van der Waals surface area contributed by atoms with Gasteiger partial charge < -0.3 is 15.0 Å². The summed E-state index contributed by atoms with van der Waals surface area (Å²) in [5, 5.41) is 4.93. The highest BCUT2D eigenvalue weighted by Crippen LogP contribution is 2.29. The van der Waals surface area contributed by atoms with Crippen LogP contribution in [0.3, 0.4) is 0 Å². The topological polar surface area (TPSA) is 50.3 Å². The van der Waals surface area contributed by atoms with Crippen LogP contribution in [0.2, 0.25) is 0 Å². The number of hydrogen-bond acceptors (Lipinski definition) is 5. The minimum Gasteiger partial charge on any atom is -0.497 e. The van der Waals surface area contributed by atoms with E-state index in [0.717, 1.165) is 55.4 Å². The van der Waals surface area contributed by atoms with Crippen LogP contribution in [-0.2, 0) is 19.4 Å². The predicted molar refractivity (Wildman–Crippen MR) is 121 cm³/mol. The molecule has 1 N–H and O–H groups in total. The molecular formula is C25H30N4O. The van der Waals surface area contributed by atoms with Crippen LogP contribution in [0.5, 0.6) is 5.75 Å². The van der Waals surface area contributed by atoms with Crippen LogP contribution in [0.4, 0.5) is 5.95 Å². The summed E-state index contributed by atoms with van der Waals surface area (Å²) < 4.78 is 5.24. The molecule has 0 amide bonds. The summed E-state index contributed by atoms with van der Waals surface area (Å²) in [6, 6.07) is 13.5. The number of nitrogens with one attached hydrogen (secondary N) is 1. The van der Waals surface area contributed by atoms with Gasteiger partial charge in [0, 0.05) is 31.1 Å². The van der Waals surface area contributed by atoms with E-state index >= 15 is 0 Å². The van der Waals surface area contributed by atoms with Crippen molar-refractivity contribution < 1.29 is 4.74 Å². The summed E-state index contributed by atoms with van der Waals surface area (Å²) >= 11 is 0. The number of ether oxygens (including phenoxy) is 1. The molecule has 5 heteroatoms. The first-order valence-electron chi connectivity index (χ1n) is 11.1. The van der Waals surface area contributed by atoms with Crippen LogP contribution in [0.15, 0.2) is 36.4 Å². The second kappa shape index (κ2) is 8.23. The van der Waals surface area contributed by atoms with Gasteiger partial charge >= 0.3 is 0 Å². The highest BCUT2D eigenvalue weighted by Gasteiger charge is 2.22. The number of anilines is 1. The minimum atomic E-state index is 0.535. The van der Waals surface area contributed by atoms with E-state index in [-0.39, 0.29) is 0 Å². The zero-order valence-corrected chi connectivity index (χ0v) is 17.9. The van der Waals surface area contributed by atoms with Crippen LogP contribution < -0.4 is 15.0 Å². The van der Waals surface area contributed by atoms with Gasteiger partial charge in [0.05, 0.1) is 18.3 Å². The zero-order valence-electron chi connectivity index (χ0n) is 17.9. The van der Waals surface area contributed by atoms with E-state index in [2.05, 4.69) is 41.4 Å². The van der Waals surface area contributed by atoms with Gasteiger partial charge in [0.15, 0.2) is 0 Å². The molecular weight excluding hydrogens is 372 g/mol. The van der Waals surface area contributed by atoms with Crippen LogP contribution in [0, 0.1) is 6.92 Å². The number of rotatable bonds is 5. The molecule has 2 aromatic carbocycles. The summed E-state index contributed by atoms with van der Waals surface area (Å²) in [6.07, 6.45) is 5.88. The first-order chi connectivity index (χ1) is 14.7. The number of hydrogen-bond donors (Lipinski definition) is 1. The fraction of sp³-hybridized carbons (Fsp3) is 0.440. The van der Waals surface area contributed by atoms with Crippen molar-refractivity contribution in [1.29, 1.82) is 0 Å². The Morgan fingerprint density at radius 1 is 1.03 bits per heavy atom. The number of benzene rings is 2. The molecule has 1 aliphatic carbocycles. The molecule has 5 rings (SSSR count). The van der Waals surface area contributed by atoms with E-state index in [4.69, 9.17) is 14.7 Å². The fourth-order valence-electron chi connectivity index (χ4n) is 4.77. The van der Waals surface area contributed by atoms with E-state index < -0.39 is 0 Å². The normalized spacial score (nSPS) is 16.8. The molecule has 2 heterocycles. The number of nitrogens with zero attached hydrogens (tertiary/aromatic N) is 3. The molecule has 0 spiro atoms. The second-order valence-corrected chi connectivity index (χ2v) is 8.59. The van der Waals surface area contributed by atoms with Gasteiger partial charge in [-0.05, 0) is 80.0 Å². The number of methoxy groups -OCH3 is 1. The van der Waals surface area contributed by atoms with Crippen molar-refractivity contribution in [1.82, 2.24) is 15.3 Å². The lowest BCUT2D eigenvalue weighted by molar-refractivity contribution is 0.409. The van der Waals surface area contributed by atoms with Crippen molar-refractivity contribution in [3.05, 3.63) is 58.8 Å². The molecule has 3 aromatic rings. The first-order valence-corrected chi connectivity index (χ1v) is 11.1. The fourth-order valence-corrected chi connectivity index (χ4v) is 4.77. The molecule has 0 bridgehead atoms. The Hall–Kier alpha value is -2.66. The minimum absolute atomic E-state index is 0.535. The molecule has 1 aliphatic heterocycles. The molecule has 0 saturated carbocycles. The Bertz CT molecular complexity index is 1040. The number of piperidine rings is 1. The van der Waals surface area contributed by atoms with Gasteiger partial charge in [-0.1, -0.05) is 12.1 Å². The SMILES string of the molecule is COc1ccc(CNC2CCN(c3nc(C)c4cc5c(cc4n3)CCC5)CC2)cc1. The van der Waals surface area contributed by atoms with E-state index in [0.29, 0.717) is 6.04 Å². The first kappa shape index (κ1) is 19.3. The predicted octanol–water partition coefficient (Wildman–Crippen LogP) is 4.19. The van der Waals surface area contributed by atoms with Crippen molar-refractivity contribution in [2.45, 2.75) is 51.6 Å². The number of aromatic nitrogens is 2. The van der Waals surface area contributed by atoms with E-state index in [1.54, 1.807) is 7.11 Å². The van der Waals surface area contributed by atoms with Crippen LogP contribution in [-0.4, -0.2) is 36.2 Å². The number of fused-ring (bicyclic) bond motifs is 2. The third-order valence-corrected chi connectivity index (χ3v) is 6.62. The van der Waals surface area contributed by atoms with Gasteiger partial charge in [-0.2, -0.15) is 0 Å². The lowest BCUT2D eigenvalue weighted by Gasteiger charge is -2.32. The lowest BCUT2D eigenvalue weighted by atomic mass is 10.0. The van der Waals surface area contributed by atoms with Crippen molar-refractivity contribution in [3.63, 3.8) is 0 Å². The smallest absolute Gasteiger partial charge is 0.226 e. The maximum absolute atomic E-state index is 5.24. The molecule has 1 fully saturated rings. The van der Waals surface area contributed by atoms with Crippen molar-refractivity contribution in [2.75, 3.05) is 25.1 Å². The third-order valence-electron chi connectivity index (χ3n) is 6.62. The van der Waals surface area contributed by atoms with Gasteiger partial charge in [0.2, 0.25) is 5.95 Å². The van der Waals surface area contributed by atoms with Crippen molar-refractivity contribution in [2.24, 2.45) is 0 Å². The highest BCUT2D eigenvalue weighted by molar-refractivity contribution is 5.84. The van der Waals surface area contributed by atoms with Gasteiger partial charge in [-0.25, -0.2) is 9.97 Å². The van der Waals surface area contributed by atoms with E-state index in [9.17, 15) is 0 Å². The van der Waals surface area contributed by atoms with Gasteiger partial charge in [0.25, 0.3) is 0 Å². The molecule has 156 valence electrons. The molecule has 1 saturated heterocycles. The van der Waals surface area contributed by atoms with Gasteiger partial charge in [-0.3, -0.25) is 0 Å². The van der Waals surface area contributed by atoms with Gasteiger partial charge in [0.1, 0.15) is 5.75 Å². The van der Waals surface area contributed by atoms with Crippen LogP contribution >= 0.6 is 0 Å². The summed E-state index contributed by atoms with van der Waals surface area (Å²) in [4.78, 5) is 12.2. The molecule has 0 atom stereocenters. The maximum Gasteiger partial charge on any atom is 0.226 e. The third kappa shape index (κ3) is 3.86. The second-order valence-electron chi connectivity index (χ2n) is 8.59. The van der Waals surface area contributed by atoms with E-state index in [1.807, 2.05) is 12.1 Å². The van der Waals surface area contributed by atoms with Gasteiger partial charge in [-0.15, -0.1) is 0 Å². The molecule has 5 nitrogen and oxygen atoms in total. The Balaban J connectivity index is 1.22. The van der Waals surface area contributed by atoms with Crippen LogP contribution in [0.1, 0.15) is 41.6 Å². The average Bonchev–Trinajstić information content (AvgIpc) is 3.24. The average molecular weight is 403 g/mol. The molecule has 0 radical (unpaired) electrons. The zero-order chi connectivity index (χ0) is 20.5. The summed E-state index contributed by atoms with van der Waals surface area (Å²) in [6.45, 7) is 5.01. The highest BCUT2D eigenvalue weighted by atomic mass is 16.5. The quantitative estimate of drug-likeness (QED) is 0.693. The summed E-state index contributed by atoms with van der Waals surface area (Å²) in [7, 11) is 1.70. The summed E-state index contributed by atoms with van der Waals surface area (Å²) in [5.74, 6) is 1.80. The maximum atomic E-state index is 5.24. The number of aryl methyl sites for hydroxylation is 3. The Morgan fingerprint density at radius 2 is 1.77 bits per heavy atom. The Kier molecular flexibility index (Phi) is 5.30. The Morgan fingerprint density at radius 3 is 2.50 bits per heavy atom. The largest absolute Gasteiger partial charge is 0.497 e. The molecule has 30 heavy (non-hydrogen) atoms. The lowest BCUT2D eigenvalue weighted by Crippen LogP contribution is -2.43. The van der Waals surface area contributed by atoms with E-state index in [1.165, 1.54) is 41.3 Å². The Labute approximate surface area is 178 Å². The van der Waals surface area contributed by atoms with Crippen molar-refractivity contribution >= 4 is 16.9 Å². The standard InChI is InChI=1S/C25H30N4O/c1-17-23-14-19-4-3-5-20(19)15-24(23)28-25(27-17)29-12-10-21(11-13-29)26-16-18-6-8-22(30-2)9-7-18/h6-9,14-15,21,26H,3-5,10-13,16H2,1-2H3. The summed E-state index contributed by atoms with van der Waals surface area (Å²) in [5.41, 5.74) is 6.47. The molecule has 1 aromatic heterocycles. The molecule has 2 aliphatic rings. The van der Waals surface area contributed by atoms with Crippen molar-refractivity contribution in [3.8, 4) is 5.75 Å². The monoisotopic (exact) mass is 402 g/mol. The van der Waals surface area contributed by atoms with Crippen LogP contribution in [0.25, 0.3) is 10.9 Å².